The molecular formula is C19H27N. The van der Waals surface area contributed by atoms with Crippen molar-refractivity contribution < 1.29 is 0 Å². The van der Waals surface area contributed by atoms with Crippen LogP contribution in [0, 0.1) is 0 Å². The minimum Gasteiger partial charge on any atom is -0.347 e. The maximum atomic E-state index is 3.36. The van der Waals surface area contributed by atoms with Crippen LogP contribution in [0.2, 0.25) is 0 Å². The van der Waals surface area contributed by atoms with Crippen LogP contribution < -0.4 is 0 Å². The van der Waals surface area contributed by atoms with Gasteiger partial charge in [-0.05, 0) is 51.2 Å². The Kier molecular flexibility index (Phi) is 6.86. The smallest absolute Gasteiger partial charge is 0.0482 e. The van der Waals surface area contributed by atoms with Crippen molar-refractivity contribution in [1.82, 2.24) is 4.57 Å². The summed E-state index contributed by atoms with van der Waals surface area (Å²) in [6.45, 7) is 10.5. The summed E-state index contributed by atoms with van der Waals surface area (Å²) in [5.74, 6) is 0. The second-order valence-corrected chi connectivity index (χ2v) is 5.03. The minimum atomic E-state index is 1.26. The lowest BCUT2D eigenvalue weighted by Gasteiger charge is -2.12. The van der Waals surface area contributed by atoms with Crippen molar-refractivity contribution in [3.63, 3.8) is 0 Å². The first-order valence-corrected chi connectivity index (χ1v) is 7.40. The van der Waals surface area contributed by atoms with Gasteiger partial charge in [-0.25, -0.2) is 0 Å². The van der Waals surface area contributed by atoms with Gasteiger partial charge in [0, 0.05) is 23.6 Å². The lowest BCUT2D eigenvalue weighted by Crippen LogP contribution is -2.04. The Labute approximate surface area is 123 Å². The number of rotatable bonds is 0. The van der Waals surface area contributed by atoms with Crippen LogP contribution in [-0.2, 0) is 19.9 Å². The van der Waals surface area contributed by atoms with E-state index < -0.39 is 0 Å². The quantitative estimate of drug-likeness (QED) is 0.561. The topological polar surface area (TPSA) is 4.93 Å². The third-order valence-electron chi connectivity index (χ3n) is 3.43. The molecule has 1 aliphatic carbocycles. The lowest BCUT2D eigenvalue weighted by atomic mass is 9.96. The normalized spacial score (nSPS) is 12.3. The highest BCUT2D eigenvalue weighted by Gasteiger charge is 2.17. The molecule has 108 valence electrons. The Morgan fingerprint density at radius 1 is 1.00 bits per heavy atom. The Balaban J connectivity index is 0.000000290. The van der Waals surface area contributed by atoms with Crippen LogP contribution in [0.3, 0.4) is 0 Å². The monoisotopic (exact) mass is 269 g/mol. The number of hydrogen-bond donors (Lipinski definition) is 0. The summed E-state index contributed by atoms with van der Waals surface area (Å²) in [5.41, 5.74) is 4.58. The summed E-state index contributed by atoms with van der Waals surface area (Å²) < 4.78 is 2.38. The van der Waals surface area contributed by atoms with Crippen LogP contribution in [0.25, 0.3) is 10.9 Å². The van der Waals surface area contributed by atoms with E-state index in [0.29, 0.717) is 0 Å². The molecule has 0 amide bonds. The standard InChI is InChI=1S/C13H15N.2C3H6/c1-14-12-8-4-2-6-10(12)11-7-3-5-9-13(11)14;2*1-3-2/h2,4,6,8H,3,5,7,9H2,1H3;2*3H,1H2,2H3. The highest BCUT2D eigenvalue weighted by molar-refractivity contribution is 5.85. The zero-order chi connectivity index (χ0) is 15.0. The first kappa shape index (κ1) is 16.3. The van der Waals surface area contributed by atoms with Gasteiger partial charge in [0.1, 0.15) is 0 Å². The van der Waals surface area contributed by atoms with Crippen molar-refractivity contribution in [2.24, 2.45) is 7.05 Å². The highest BCUT2D eigenvalue weighted by atomic mass is 14.9. The van der Waals surface area contributed by atoms with E-state index in [2.05, 4.69) is 49.0 Å². The average Bonchev–Trinajstić information content (AvgIpc) is 2.76. The molecule has 0 spiro atoms. The van der Waals surface area contributed by atoms with Gasteiger partial charge in [-0.15, -0.1) is 13.2 Å². The summed E-state index contributed by atoms with van der Waals surface area (Å²) in [5, 5.41) is 1.48. The van der Waals surface area contributed by atoms with Crippen LogP contribution in [-0.4, -0.2) is 4.57 Å². The zero-order valence-corrected chi connectivity index (χ0v) is 13.2. The van der Waals surface area contributed by atoms with E-state index in [-0.39, 0.29) is 0 Å². The predicted molar refractivity (Wildman–Crippen MR) is 91.3 cm³/mol. The minimum absolute atomic E-state index is 1.26. The summed E-state index contributed by atoms with van der Waals surface area (Å²) in [4.78, 5) is 0. The number of fused-ring (bicyclic) bond motifs is 3. The number of aryl methyl sites for hydroxylation is 2. The summed E-state index contributed by atoms with van der Waals surface area (Å²) in [7, 11) is 2.20. The van der Waals surface area contributed by atoms with Crippen molar-refractivity contribution in [3.8, 4) is 0 Å². The van der Waals surface area contributed by atoms with Crippen molar-refractivity contribution in [1.29, 1.82) is 0 Å². The highest BCUT2D eigenvalue weighted by Crippen LogP contribution is 2.30. The van der Waals surface area contributed by atoms with E-state index >= 15 is 0 Å². The molecule has 1 nitrogen and oxygen atoms in total. The van der Waals surface area contributed by atoms with Gasteiger partial charge in [-0.1, -0.05) is 30.4 Å². The van der Waals surface area contributed by atoms with Gasteiger partial charge >= 0.3 is 0 Å². The van der Waals surface area contributed by atoms with E-state index in [9.17, 15) is 0 Å². The second kappa shape index (κ2) is 8.42. The van der Waals surface area contributed by atoms with Gasteiger partial charge < -0.3 is 4.57 Å². The molecule has 1 heteroatoms. The average molecular weight is 269 g/mol. The largest absolute Gasteiger partial charge is 0.347 e. The Hall–Kier alpha value is -1.76. The maximum absolute atomic E-state index is 3.36. The zero-order valence-electron chi connectivity index (χ0n) is 13.2. The molecule has 0 saturated carbocycles. The van der Waals surface area contributed by atoms with Crippen LogP contribution in [0.1, 0.15) is 37.9 Å². The third kappa shape index (κ3) is 3.63. The molecule has 20 heavy (non-hydrogen) atoms. The van der Waals surface area contributed by atoms with E-state index in [1.165, 1.54) is 36.6 Å². The van der Waals surface area contributed by atoms with Crippen molar-refractivity contribution in [2.75, 3.05) is 0 Å². The molecule has 0 radical (unpaired) electrons. The molecule has 0 atom stereocenters. The number of nitrogens with zero attached hydrogens (tertiary/aromatic N) is 1. The van der Waals surface area contributed by atoms with Gasteiger partial charge in [-0.3, -0.25) is 0 Å². The predicted octanol–water partition coefficient (Wildman–Crippen LogP) is 5.44. The third-order valence-corrected chi connectivity index (χ3v) is 3.43. The fraction of sp³-hybridized carbons (Fsp3) is 0.368. The first-order chi connectivity index (χ1) is 9.71. The Bertz CT molecular complexity index is 554. The summed E-state index contributed by atoms with van der Waals surface area (Å²) >= 11 is 0. The fourth-order valence-corrected chi connectivity index (χ4v) is 2.72. The number of allylic oxidation sites excluding steroid dienone is 2. The molecular weight excluding hydrogens is 242 g/mol. The molecule has 0 unspecified atom stereocenters. The molecule has 2 aromatic rings. The Morgan fingerprint density at radius 3 is 2.20 bits per heavy atom. The lowest BCUT2D eigenvalue weighted by molar-refractivity contribution is 0.653. The summed E-state index contributed by atoms with van der Waals surface area (Å²) in [6.07, 6.45) is 8.76. The van der Waals surface area contributed by atoms with Crippen LogP contribution in [0.4, 0.5) is 0 Å². The SMILES string of the molecule is C=CC.C=CC.Cn1c2c(c3ccccc31)CCCC2. The van der Waals surface area contributed by atoms with Crippen LogP contribution in [0.15, 0.2) is 49.6 Å². The molecule has 0 N–H and O–H groups in total. The maximum Gasteiger partial charge on any atom is 0.0482 e. The van der Waals surface area contributed by atoms with E-state index in [1.807, 2.05) is 13.8 Å². The van der Waals surface area contributed by atoms with E-state index in [0.717, 1.165) is 0 Å². The molecule has 1 aliphatic rings. The summed E-state index contributed by atoms with van der Waals surface area (Å²) in [6, 6.07) is 8.78. The van der Waals surface area contributed by atoms with Gasteiger partial charge in [0.05, 0.1) is 0 Å². The van der Waals surface area contributed by atoms with Gasteiger partial charge in [0.25, 0.3) is 0 Å². The second-order valence-electron chi connectivity index (χ2n) is 5.03. The number of benzene rings is 1. The molecule has 0 saturated heterocycles. The van der Waals surface area contributed by atoms with Crippen LogP contribution >= 0.6 is 0 Å². The molecule has 1 aromatic carbocycles. The number of aromatic nitrogens is 1. The molecule has 0 aliphatic heterocycles. The molecule has 3 rings (SSSR count). The van der Waals surface area contributed by atoms with Gasteiger partial charge in [0.2, 0.25) is 0 Å². The number of hydrogen-bond acceptors (Lipinski definition) is 0. The van der Waals surface area contributed by atoms with Crippen molar-refractivity contribution in [2.45, 2.75) is 39.5 Å². The van der Waals surface area contributed by atoms with Crippen molar-refractivity contribution >= 4 is 10.9 Å². The van der Waals surface area contributed by atoms with Crippen LogP contribution in [0.5, 0.6) is 0 Å². The van der Waals surface area contributed by atoms with E-state index in [4.69, 9.17) is 0 Å². The molecule has 0 bridgehead atoms. The first-order valence-electron chi connectivity index (χ1n) is 7.40. The molecule has 0 fully saturated rings. The van der Waals surface area contributed by atoms with Crippen molar-refractivity contribution in [3.05, 3.63) is 60.8 Å². The number of para-hydroxylation sites is 1. The molecule has 1 aromatic heterocycles. The van der Waals surface area contributed by atoms with Gasteiger partial charge in [0.15, 0.2) is 0 Å². The molecule has 1 heterocycles. The fourth-order valence-electron chi connectivity index (χ4n) is 2.72. The van der Waals surface area contributed by atoms with E-state index in [1.54, 1.807) is 23.4 Å². The Morgan fingerprint density at radius 2 is 1.55 bits per heavy atom. The van der Waals surface area contributed by atoms with Gasteiger partial charge in [-0.2, -0.15) is 0 Å².